The van der Waals surface area contributed by atoms with Crippen LogP contribution in [0.2, 0.25) is 0 Å². The molecule has 0 unspecified atom stereocenters. The highest BCUT2D eigenvalue weighted by Crippen LogP contribution is 2.44. The van der Waals surface area contributed by atoms with Crippen molar-refractivity contribution in [2.24, 2.45) is 0 Å². The molecule has 6 nitrogen and oxygen atoms in total. The van der Waals surface area contributed by atoms with E-state index in [4.69, 9.17) is 14.2 Å². The molecule has 0 spiro atoms. The van der Waals surface area contributed by atoms with E-state index in [0.717, 1.165) is 16.5 Å². The van der Waals surface area contributed by atoms with Gasteiger partial charge >= 0.3 is 0 Å². The van der Waals surface area contributed by atoms with Gasteiger partial charge in [-0.3, -0.25) is 4.79 Å². The lowest BCUT2D eigenvalue weighted by Crippen LogP contribution is -2.41. The summed E-state index contributed by atoms with van der Waals surface area (Å²) in [6, 6.07) is 1.84. The van der Waals surface area contributed by atoms with Crippen LogP contribution in [-0.2, 0) is 11.2 Å². The molecule has 0 atom stereocenters. The molecule has 1 heterocycles. The van der Waals surface area contributed by atoms with Crippen molar-refractivity contribution in [1.82, 2.24) is 10.3 Å². The molecule has 126 valence electrons. The number of amides is 1. The SMILES string of the molecule is COc1cc2[nH]cc(CC(=O)NC(C)(C)C)c2c(OC)c1OC. The van der Waals surface area contributed by atoms with E-state index in [1.807, 2.05) is 33.0 Å². The Labute approximate surface area is 136 Å². The van der Waals surface area contributed by atoms with Crippen molar-refractivity contribution in [1.29, 1.82) is 0 Å². The van der Waals surface area contributed by atoms with Gasteiger partial charge in [-0.25, -0.2) is 0 Å². The van der Waals surface area contributed by atoms with Crippen LogP contribution in [0.25, 0.3) is 10.9 Å². The summed E-state index contributed by atoms with van der Waals surface area (Å²) >= 11 is 0. The summed E-state index contributed by atoms with van der Waals surface area (Å²) in [5.74, 6) is 1.60. The molecule has 0 radical (unpaired) electrons. The Morgan fingerprint density at radius 1 is 1.13 bits per heavy atom. The molecular formula is C17H24N2O4. The monoisotopic (exact) mass is 320 g/mol. The first-order valence-corrected chi connectivity index (χ1v) is 7.40. The molecule has 0 aliphatic heterocycles. The predicted octanol–water partition coefficient (Wildman–Crippen LogP) is 2.65. The number of ether oxygens (including phenoxy) is 3. The highest BCUT2D eigenvalue weighted by Gasteiger charge is 2.22. The zero-order valence-corrected chi connectivity index (χ0v) is 14.5. The third-order valence-electron chi connectivity index (χ3n) is 3.42. The van der Waals surface area contributed by atoms with Gasteiger partial charge < -0.3 is 24.5 Å². The van der Waals surface area contributed by atoms with E-state index in [0.29, 0.717) is 17.2 Å². The smallest absolute Gasteiger partial charge is 0.224 e. The van der Waals surface area contributed by atoms with Gasteiger partial charge in [0.05, 0.1) is 33.3 Å². The van der Waals surface area contributed by atoms with Gasteiger partial charge in [-0.2, -0.15) is 0 Å². The van der Waals surface area contributed by atoms with Crippen LogP contribution in [-0.4, -0.2) is 37.8 Å². The molecule has 1 aromatic carbocycles. The molecule has 2 aromatic rings. The quantitative estimate of drug-likeness (QED) is 0.888. The maximum atomic E-state index is 12.2. The fourth-order valence-corrected chi connectivity index (χ4v) is 2.60. The number of aromatic amines is 1. The molecule has 0 fully saturated rings. The minimum Gasteiger partial charge on any atom is -0.493 e. The van der Waals surface area contributed by atoms with Gasteiger partial charge in [0.25, 0.3) is 0 Å². The van der Waals surface area contributed by atoms with Crippen LogP contribution in [0.15, 0.2) is 12.3 Å². The molecule has 0 aliphatic carbocycles. The van der Waals surface area contributed by atoms with Crippen molar-refractivity contribution in [2.75, 3.05) is 21.3 Å². The zero-order chi connectivity index (χ0) is 17.2. The second-order valence-electron chi connectivity index (χ2n) is 6.36. The number of hydrogen-bond donors (Lipinski definition) is 2. The minimum absolute atomic E-state index is 0.0461. The summed E-state index contributed by atoms with van der Waals surface area (Å²) in [5, 5.41) is 3.79. The van der Waals surface area contributed by atoms with Gasteiger partial charge in [-0.15, -0.1) is 0 Å². The molecule has 6 heteroatoms. The molecule has 2 N–H and O–H groups in total. The van der Waals surface area contributed by atoms with Crippen LogP contribution < -0.4 is 19.5 Å². The summed E-state index contributed by atoms with van der Waals surface area (Å²) < 4.78 is 16.3. The van der Waals surface area contributed by atoms with E-state index in [-0.39, 0.29) is 17.9 Å². The first-order chi connectivity index (χ1) is 10.8. The topological polar surface area (TPSA) is 72.6 Å². The van der Waals surface area contributed by atoms with E-state index >= 15 is 0 Å². The number of rotatable bonds is 5. The number of carbonyl (C=O) groups excluding carboxylic acids is 1. The summed E-state index contributed by atoms with van der Waals surface area (Å²) in [5.41, 5.74) is 1.41. The largest absolute Gasteiger partial charge is 0.493 e. The summed E-state index contributed by atoms with van der Waals surface area (Å²) in [6.07, 6.45) is 2.07. The molecule has 0 saturated carbocycles. The van der Waals surface area contributed by atoms with Gasteiger partial charge in [0, 0.05) is 23.2 Å². The molecule has 23 heavy (non-hydrogen) atoms. The number of hydrogen-bond acceptors (Lipinski definition) is 4. The van der Waals surface area contributed by atoms with Gasteiger partial charge in [0.1, 0.15) is 0 Å². The second-order valence-corrected chi connectivity index (χ2v) is 6.36. The average Bonchev–Trinajstić information content (AvgIpc) is 2.85. The van der Waals surface area contributed by atoms with Crippen molar-refractivity contribution < 1.29 is 19.0 Å². The van der Waals surface area contributed by atoms with Crippen molar-refractivity contribution in [3.05, 3.63) is 17.8 Å². The van der Waals surface area contributed by atoms with E-state index < -0.39 is 0 Å². The highest BCUT2D eigenvalue weighted by molar-refractivity contribution is 5.96. The molecule has 0 aliphatic rings. The number of fused-ring (bicyclic) bond motifs is 1. The standard InChI is InChI=1S/C17H24N2O4/c1-17(2,3)19-13(20)7-10-9-18-11-8-12(21-4)15(22-5)16(23-6)14(10)11/h8-9,18H,7H2,1-6H3,(H,19,20). The summed E-state index contributed by atoms with van der Waals surface area (Å²) in [6.45, 7) is 5.86. The molecular weight excluding hydrogens is 296 g/mol. The number of methoxy groups -OCH3 is 3. The normalized spacial score (nSPS) is 11.4. The number of benzene rings is 1. The lowest BCUT2D eigenvalue weighted by atomic mass is 10.1. The van der Waals surface area contributed by atoms with Crippen LogP contribution in [0, 0.1) is 0 Å². The van der Waals surface area contributed by atoms with Gasteiger partial charge in [0.15, 0.2) is 11.5 Å². The number of aromatic nitrogens is 1. The van der Waals surface area contributed by atoms with E-state index in [2.05, 4.69) is 10.3 Å². The Morgan fingerprint density at radius 3 is 2.30 bits per heavy atom. The molecule has 1 aromatic heterocycles. The summed E-state index contributed by atoms with van der Waals surface area (Å²) in [7, 11) is 4.71. The third-order valence-corrected chi connectivity index (χ3v) is 3.42. The summed E-state index contributed by atoms with van der Waals surface area (Å²) in [4.78, 5) is 15.4. The van der Waals surface area contributed by atoms with Crippen LogP contribution in [0.4, 0.5) is 0 Å². The van der Waals surface area contributed by atoms with Crippen LogP contribution >= 0.6 is 0 Å². The van der Waals surface area contributed by atoms with Crippen molar-refractivity contribution in [3.63, 3.8) is 0 Å². The van der Waals surface area contributed by atoms with Crippen molar-refractivity contribution >= 4 is 16.8 Å². The van der Waals surface area contributed by atoms with Gasteiger partial charge in [0.2, 0.25) is 11.7 Å². The highest BCUT2D eigenvalue weighted by atomic mass is 16.5. The van der Waals surface area contributed by atoms with Gasteiger partial charge in [-0.1, -0.05) is 0 Å². The van der Waals surface area contributed by atoms with E-state index in [9.17, 15) is 4.79 Å². The van der Waals surface area contributed by atoms with Crippen LogP contribution in [0.5, 0.6) is 17.2 Å². The number of H-pyrrole nitrogens is 1. The van der Waals surface area contributed by atoms with Crippen molar-refractivity contribution in [2.45, 2.75) is 32.7 Å². The Balaban J connectivity index is 2.48. The fraction of sp³-hybridized carbons (Fsp3) is 0.471. The molecule has 0 saturated heterocycles. The van der Waals surface area contributed by atoms with Crippen LogP contribution in [0.3, 0.4) is 0 Å². The van der Waals surface area contributed by atoms with Crippen molar-refractivity contribution in [3.8, 4) is 17.2 Å². The first kappa shape index (κ1) is 17.0. The number of carbonyl (C=O) groups is 1. The Bertz CT molecular complexity index is 713. The Morgan fingerprint density at radius 2 is 1.78 bits per heavy atom. The zero-order valence-electron chi connectivity index (χ0n) is 14.5. The second kappa shape index (κ2) is 6.40. The van der Waals surface area contributed by atoms with E-state index in [1.54, 1.807) is 21.3 Å². The van der Waals surface area contributed by atoms with Crippen LogP contribution in [0.1, 0.15) is 26.3 Å². The maximum absolute atomic E-state index is 12.2. The number of nitrogens with one attached hydrogen (secondary N) is 2. The Hall–Kier alpha value is -2.37. The van der Waals surface area contributed by atoms with E-state index in [1.165, 1.54) is 0 Å². The fourth-order valence-electron chi connectivity index (χ4n) is 2.60. The lowest BCUT2D eigenvalue weighted by molar-refractivity contribution is -0.121. The minimum atomic E-state index is -0.270. The Kier molecular flexibility index (Phi) is 4.73. The average molecular weight is 320 g/mol. The maximum Gasteiger partial charge on any atom is 0.224 e. The van der Waals surface area contributed by atoms with Gasteiger partial charge in [-0.05, 0) is 26.3 Å². The third kappa shape index (κ3) is 3.52. The molecule has 2 rings (SSSR count). The molecule has 0 bridgehead atoms. The predicted molar refractivity (Wildman–Crippen MR) is 89.6 cm³/mol. The lowest BCUT2D eigenvalue weighted by Gasteiger charge is -2.20. The molecule has 1 amide bonds. The first-order valence-electron chi connectivity index (χ1n) is 7.40.